The van der Waals surface area contributed by atoms with E-state index in [1.54, 1.807) is 16.7 Å². The van der Waals surface area contributed by atoms with Crippen LogP contribution < -0.4 is 4.90 Å². The summed E-state index contributed by atoms with van der Waals surface area (Å²) in [5, 5.41) is 20.5. The van der Waals surface area contributed by atoms with E-state index in [2.05, 4.69) is 0 Å². The second kappa shape index (κ2) is 5.88. The smallest absolute Gasteiger partial charge is 0.342 e. The van der Waals surface area contributed by atoms with Crippen LogP contribution in [0.3, 0.4) is 0 Å². The molecule has 1 heterocycles. The highest BCUT2D eigenvalue weighted by Crippen LogP contribution is 2.33. The van der Waals surface area contributed by atoms with Crippen molar-refractivity contribution in [1.29, 1.82) is 0 Å². The summed E-state index contributed by atoms with van der Waals surface area (Å²) >= 11 is 1.78. The molecule has 8 heteroatoms. The number of carboxylic acid groups (broad SMARTS) is 1. The molecule has 0 saturated carbocycles. The van der Waals surface area contributed by atoms with Gasteiger partial charge in [0, 0.05) is 23.6 Å². The molecule has 2 unspecified atom stereocenters. The Hall–Kier alpha value is -1.83. The molecule has 1 aromatic rings. The quantitative estimate of drug-likeness (QED) is 0.682. The maximum absolute atomic E-state index is 14.1. The van der Waals surface area contributed by atoms with Gasteiger partial charge in [-0.3, -0.25) is 10.1 Å². The van der Waals surface area contributed by atoms with E-state index in [0.717, 1.165) is 6.07 Å². The Bertz CT molecular complexity index is 586. The van der Waals surface area contributed by atoms with Crippen molar-refractivity contribution in [3.63, 3.8) is 0 Å². The number of anilines is 1. The summed E-state index contributed by atoms with van der Waals surface area (Å²) in [6.45, 7) is 5.16. The van der Waals surface area contributed by atoms with Gasteiger partial charge in [0.15, 0.2) is 5.82 Å². The van der Waals surface area contributed by atoms with Crippen molar-refractivity contribution in [2.45, 2.75) is 24.3 Å². The minimum Gasteiger partial charge on any atom is -0.477 e. The number of nitrogens with zero attached hydrogens (tertiary/aromatic N) is 2. The average Bonchev–Trinajstić information content (AvgIpc) is 2.36. The van der Waals surface area contributed by atoms with Crippen molar-refractivity contribution in [1.82, 2.24) is 0 Å². The van der Waals surface area contributed by atoms with Gasteiger partial charge in [-0.25, -0.2) is 9.18 Å². The van der Waals surface area contributed by atoms with Crippen LogP contribution in [0, 0.1) is 15.9 Å². The van der Waals surface area contributed by atoms with Gasteiger partial charge < -0.3 is 10.0 Å². The number of thioether (sulfide) groups is 1. The van der Waals surface area contributed by atoms with Gasteiger partial charge in [0.05, 0.1) is 16.7 Å². The number of carbonyl (C=O) groups is 1. The summed E-state index contributed by atoms with van der Waals surface area (Å²) in [4.78, 5) is 22.8. The molecule has 0 aromatic heterocycles. The first kappa shape index (κ1) is 15.6. The fraction of sp³-hybridized carbons (Fsp3) is 0.462. The van der Waals surface area contributed by atoms with E-state index in [9.17, 15) is 19.3 Å². The summed E-state index contributed by atoms with van der Waals surface area (Å²) < 4.78 is 14.1. The molecule has 1 aliphatic heterocycles. The molecule has 21 heavy (non-hydrogen) atoms. The lowest BCUT2D eigenvalue weighted by molar-refractivity contribution is -0.385. The lowest BCUT2D eigenvalue weighted by atomic mass is 10.1. The largest absolute Gasteiger partial charge is 0.477 e. The first-order valence-electron chi connectivity index (χ1n) is 6.41. The van der Waals surface area contributed by atoms with Gasteiger partial charge in [-0.2, -0.15) is 11.8 Å². The van der Waals surface area contributed by atoms with Gasteiger partial charge in [-0.1, -0.05) is 13.8 Å². The summed E-state index contributed by atoms with van der Waals surface area (Å²) in [6.07, 6.45) is 0. The number of rotatable bonds is 3. The summed E-state index contributed by atoms with van der Waals surface area (Å²) in [6, 6.07) is 1.75. The minimum absolute atomic E-state index is 0.108. The average molecular weight is 314 g/mol. The molecule has 1 aromatic carbocycles. The lowest BCUT2D eigenvalue weighted by Crippen LogP contribution is -2.41. The van der Waals surface area contributed by atoms with E-state index in [4.69, 9.17) is 5.11 Å². The molecule has 1 saturated heterocycles. The molecule has 1 N–H and O–H groups in total. The molecule has 1 fully saturated rings. The van der Waals surface area contributed by atoms with Crippen LogP contribution in [-0.2, 0) is 0 Å². The second-order valence-corrected chi connectivity index (χ2v) is 6.93. The third kappa shape index (κ3) is 3.26. The molecule has 0 amide bonds. The standard InChI is InChI=1S/C13H15FN2O4S/c1-7-5-15(6-8(2)21-7)12-3-9(13(17)18)11(16(19)20)4-10(12)14/h3-4,7-8H,5-6H2,1-2H3,(H,17,18). The molecular weight excluding hydrogens is 299 g/mol. The Morgan fingerprint density at radius 2 is 2.00 bits per heavy atom. The number of hydrogen-bond acceptors (Lipinski definition) is 5. The molecule has 114 valence electrons. The number of halogens is 1. The zero-order chi connectivity index (χ0) is 15.7. The van der Waals surface area contributed by atoms with Crippen molar-refractivity contribution in [3.05, 3.63) is 33.6 Å². The fourth-order valence-corrected chi connectivity index (χ4v) is 3.82. The van der Waals surface area contributed by atoms with E-state index >= 15 is 0 Å². The van der Waals surface area contributed by atoms with E-state index in [-0.39, 0.29) is 16.2 Å². The highest BCUT2D eigenvalue weighted by Gasteiger charge is 2.29. The fourth-order valence-electron chi connectivity index (χ4n) is 2.49. The number of carboxylic acids is 1. The monoisotopic (exact) mass is 314 g/mol. The molecule has 1 aliphatic rings. The molecule has 0 bridgehead atoms. The SMILES string of the molecule is CC1CN(c2cc(C(=O)O)c([N+](=O)[O-])cc2F)CC(C)S1. The molecule has 2 atom stereocenters. The Morgan fingerprint density at radius 1 is 1.43 bits per heavy atom. The first-order valence-corrected chi connectivity index (χ1v) is 7.35. The van der Waals surface area contributed by atoms with E-state index in [1.165, 1.54) is 0 Å². The van der Waals surface area contributed by atoms with Gasteiger partial charge in [0.25, 0.3) is 5.69 Å². The summed E-state index contributed by atoms with van der Waals surface area (Å²) in [7, 11) is 0. The third-order valence-corrected chi connectivity index (χ3v) is 4.48. The number of benzene rings is 1. The Kier molecular flexibility index (Phi) is 4.36. The van der Waals surface area contributed by atoms with Crippen molar-refractivity contribution >= 4 is 29.1 Å². The van der Waals surface area contributed by atoms with Crippen LogP contribution in [0.15, 0.2) is 12.1 Å². The second-order valence-electron chi connectivity index (χ2n) is 5.05. The normalized spacial score (nSPS) is 22.1. The summed E-state index contributed by atoms with van der Waals surface area (Å²) in [5.74, 6) is -2.20. The van der Waals surface area contributed by atoms with Crippen LogP contribution >= 0.6 is 11.8 Å². The van der Waals surface area contributed by atoms with Gasteiger partial charge in [-0.05, 0) is 6.07 Å². The lowest BCUT2D eigenvalue weighted by Gasteiger charge is -2.36. The van der Waals surface area contributed by atoms with E-state index in [1.807, 2.05) is 13.8 Å². The predicted molar refractivity (Wildman–Crippen MR) is 78.7 cm³/mol. The van der Waals surface area contributed by atoms with Gasteiger partial charge >= 0.3 is 5.97 Å². The van der Waals surface area contributed by atoms with Gasteiger partial charge in [-0.15, -0.1) is 0 Å². The zero-order valence-electron chi connectivity index (χ0n) is 11.6. The highest BCUT2D eigenvalue weighted by atomic mass is 32.2. The minimum atomic E-state index is -1.43. The molecule has 0 aliphatic carbocycles. The molecule has 0 radical (unpaired) electrons. The number of aromatic carboxylic acids is 1. The van der Waals surface area contributed by atoms with Crippen LogP contribution in [0.2, 0.25) is 0 Å². The highest BCUT2D eigenvalue weighted by molar-refractivity contribution is 8.00. The van der Waals surface area contributed by atoms with Crippen molar-refractivity contribution < 1.29 is 19.2 Å². The molecule has 2 rings (SSSR count). The number of hydrogen-bond donors (Lipinski definition) is 1. The molecular formula is C13H15FN2O4S. The third-order valence-electron chi connectivity index (χ3n) is 3.25. The van der Waals surface area contributed by atoms with Crippen molar-refractivity contribution in [2.24, 2.45) is 0 Å². The molecule has 0 spiro atoms. The van der Waals surface area contributed by atoms with E-state index in [0.29, 0.717) is 19.2 Å². The predicted octanol–water partition coefficient (Wildman–Crippen LogP) is 2.76. The van der Waals surface area contributed by atoms with E-state index < -0.39 is 28.0 Å². The topological polar surface area (TPSA) is 83.7 Å². The number of nitro groups is 1. The number of nitro benzene ring substituents is 1. The van der Waals surface area contributed by atoms with Crippen LogP contribution in [0.1, 0.15) is 24.2 Å². The van der Waals surface area contributed by atoms with Crippen molar-refractivity contribution in [3.8, 4) is 0 Å². The van der Waals surface area contributed by atoms with Crippen LogP contribution in [0.4, 0.5) is 15.8 Å². The van der Waals surface area contributed by atoms with Crippen molar-refractivity contribution in [2.75, 3.05) is 18.0 Å². The van der Waals surface area contributed by atoms with Crippen LogP contribution in [-0.4, -0.2) is 39.6 Å². The van der Waals surface area contributed by atoms with Crippen LogP contribution in [0.5, 0.6) is 0 Å². The zero-order valence-corrected chi connectivity index (χ0v) is 12.4. The van der Waals surface area contributed by atoms with Gasteiger partial charge in [0.1, 0.15) is 5.56 Å². The summed E-state index contributed by atoms with van der Waals surface area (Å²) in [5.41, 5.74) is -1.11. The Balaban J connectivity index is 2.47. The maximum atomic E-state index is 14.1. The first-order chi connectivity index (χ1) is 9.79. The van der Waals surface area contributed by atoms with Gasteiger partial charge in [0.2, 0.25) is 0 Å². The van der Waals surface area contributed by atoms with Crippen LogP contribution in [0.25, 0.3) is 0 Å². The molecule has 6 nitrogen and oxygen atoms in total. The maximum Gasteiger partial charge on any atom is 0.342 e. The Morgan fingerprint density at radius 3 is 2.48 bits per heavy atom. The Labute approximate surface area is 125 Å².